The van der Waals surface area contributed by atoms with Crippen LogP contribution in [0.25, 0.3) is 56.3 Å². The van der Waals surface area contributed by atoms with Gasteiger partial charge in [0.05, 0.1) is 92.1 Å². The van der Waals surface area contributed by atoms with Crippen molar-refractivity contribution in [3.05, 3.63) is 358 Å². The molecule has 0 fully saturated rings. The number of halogens is 16. The molecule has 0 aliphatic carbocycles. The van der Waals surface area contributed by atoms with E-state index in [0.717, 1.165) is 170 Å². The normalized spacial score (nSPS) is 11.3. The summed E-state index contributed by atoms with van der Waals surface area (Å²) in [5.41, 5.74) is -1.62. The quantitative estimate of drug-likeness (QED) is 0.0207. The maximum atomic E-state index is 14.5. The number of carbonyl (C=O) groups is 3. The van der Waals surface area contributed by atoms with Gasteiger partial charge in [0.15, 0.2) is 29.3 Å². The van der Waals surface area contributed by atoms with E-state index in [-0.39, 0.29) is 129 Å². The summed E-state index contributed by atoms with van der Waals surface area (Å²) in [4.78, 5) is 35.9. The maximum Gasteiger partial charge on any atom is 0.343 e. The van der Waals surface area contributed by atoms with Crippen LogP contribution in [0.5, 0.6) is 28.7 Å². The third-order valence-electron chi connectivity index (χ3n) is 19.6. The second kappa shape index (κ2) is 45.8. The topological polar surface area (TPSA) is 354 Å². The number of methoxy groups -OCH3 is 7. The molecule has 141 heavy (non-hydrogen) atoms. The third kappa shape index (κ3) is 24.2. The Labute approximate surface area is 797 Å². The summed E-state index contributed by atoms with van der Waals surface area (Å²) in [5.74, 6) is -14.6. The molecule has 15 aromatic rings. The molecule has 5 aromatic heterocycles. The van der Waals surface area contributed by atoms with Crippen molar-refractivity contribution in [2.24, 2.45) is 0 Å². The number of nitrogens with zero attached hydrogens (tertiary/aromatic N) is 4. The molecule has 0 unspecified atom stereocenters. The van der Waals surface area contributed by atoms with Crippen molar-refractivity contribution in [3.63, 3.8) is 0 Å². The number of nitrogens with one attached hydrogen (secondary N) is 2. The monoisotopic (exact) mass is 2090 g/mol. The van der Waals surface area contributed by atoms with Crippen LogP contribution in [0.2, 0.25) is 0 Å². The molecule has 10 aromatic carbocycles. The lowest BCUT2D eigenvalue weighted by Crippen LogP contribution is -2.14. The standard InChI is InChI=1S/C19H17F3N2O3S.C19H14F3NO5S.C18H14F3NO4S.C18H12F3NO4S.C13H11F2NO3.C6H4ClFO2S/c1-23-10-12-11-24(28(25,26)15-5-3-4-13(20)8-15)18(19(12)27-2)16-7-6-14(21)9-17(16)22;1-27-18-15(19(24)28-2)10-23(17(18)14-7-6-12(21)9-16(14)22)29(25,26)13-5-3-4-11(20)8-13;2*1-26-18-11(10-23)9-22(17(18)15-6-5-13(20)8-16(15)21)27(24,25)14-4-2-3-12(19)7-14;1-18-12-9(13(17)19-2)6-16-11(12)8-4-3-7(14)5-10(8)15;7-11(9,10)6-3-1-2-5(8)4-6/h3-9,11,23H,10H2,1-2H3;3-10H,1-2H3;2-9,23H,10H2,1H3;2-10H,1H3;3-6,16H,1-2H3;1-4H. The molecule has 27 nitrogen and oxygen atoms in total. The zero-order chi connectivity index (χ0) is 104. The molecule has 0 bridgehead atoms. The number of benzene rings is 10. The van der Waals surface area contributed by atoms with Gasteiger partial charge in [-0.25, -0.2) is 133 Å². The minimum Gasteiger partial charge on any atom is -0.494 e. The van der Waals surface area contributed by atoms with E-state index in [1.54, 1.807) is 7.05 Å². The van der Waals surface area contributed by atoms with Crippen molar-refractivity contribution in [3.8, 4) is 85.0 Å². The van der Waals surface area contributed by atoms with Gasteiger partial charge in [-0.05, 0) is 159 Å². The van der Waals surface area contributed by atoms with Crippen molar-refractivity contribution >= 4 is 78.1 Å². The smallest absolute Gasteiger partial charge is 0.343 e. The van der Waals surface area contributed by atoms with Crippen LogP contribution in [-0.2, 0) is 71.8 Å². The molecule has 0 atom stereocenters. The maximum absolute atomic E-state index is 14.5. The number of aliphatic hydroxyl groups excluding tert-OH is 1. The van der Waals surface area contributed by atoms with E-state index in [1.807, 2.05) is 0 Å². The summed E-state index contributed by atoms with van der Waals surface area (Å²) in [7, 11) is -6.26. The molecule has 0 spiro atoms. The van der Waals surface area contributed by atoms with Crippen molar-refractivity contribution < 1.29 is 161 Å². The van der Waals surface area contributed by atoms with Gasteiger partial charge >= 0.3 is 11.9 Å². The molecule has 5 heterocycles. The lowest BCUT2D eigenvalue weighted by atomic mass is 10.1. The Morgan fingerprint density at radius 3 is 0.915 bits per heavy atom. The van der Waals surface area contributed by atoms with E-state index in [4.69, 9.17) is 34.4 Å². The number of hydrogen-bond acceptors (Lipinski definition) is 22. The van der Waals surface area contributed by atoms with E-state index >= 15 is 0 Å². The third-order valence-corrected chi connectivity index (χ3v) is 27.6. The fourth-order valence-corrected chi connectivity index (χ4v) is 19.9. The fourth-order valence-electron chi connectivity index (χ4n) is 13.4. The van der Waals surface area contributed by atoms with Gasteiger partial charge in [-0.15, -0.1) is 0 Å². The van der Waals surface area contributed by atoms with Crippen LogP contribution < -0.4 is 29.0 Å². The van der Waals surface area contributed by atoms with Crippen molar-refractivity contribution in [1.82, 2.24) is 26.2 Å². The van der Waals surface area contributed by atoms with E-state index in [9.17, 15) is 127 Å². The summed E-state index contributed by atoms with van der Waals surface area (Å²) in [6.45, 7) is -0.366. The molecule has 15 rings (SSSR count). The molecular formula is C93H72ClF15N6O21S5. The summed E-state index contributed by atoms with van der Waals surface area (Å²) in [6.07, 6.45) is 5.82. The number of ether oxygens (including phenoxy) is 7. The van der Waals surface area contributed by atoms with Gasteiger partial charge in [-0.1, -0.05) is 30.3 Å². The van der Waals surface area contributed by atoms with Crippen molar-refractivity contribution in [2.45, 2.75) is 37.6 Å². The number of hydrogen-bond donors (Lipinski definition) is 3. The van der Waals surface area contributed by atoms with Crippen LogP contribution in [0.1, 0.15) is 42.2 Å². The highest BCUT2D eigenvalue weighted by atomic mass is 35.7. The van der Waals surface area contributed by atoms with Gasteiger partial charge in [0.1, 0.15) is 127 Å². The van der Waals surface area contributed by atoms with E-state index in [1.165, 1.54) is 103 Å². The van der Waals surface area contributed by atoms with Gasteiger partial charge in [0.2, 0.25) is 0 Å². The predicted octanol–water partition coefficient (Wildman–Crippen LogP) is 18.6. The van der Waals surface area contributed by atoms with Gasteiger partial charge in [-0.3, -0.25) is 4.79 Å². The largest absolute Gasteiger partial charge is 0.494 e. The lowest BCUT2D eigenvalue weighted by Gasteiger charge is -2.13. The summed E-state index contributed by atoms with van der Waals surface area (Å²) in [5, 5.41) is 12.4. The summed E-state index contributed by atoms with van der Waals surface area (Å²) < 4.78 is 368. The predicted molar refractivity (Wildman–Crippen MR) is 480 cm³/mol. The first-order valence-corrected chi connectivity index (χ1v) is 47.5. The highest BCUT2D eigenvalue weighted by Gasteiger charge is 2.36. The number of aromatic amines is 1. The van der Waals surface area contributed by atoms with Crippen molar-refractivity contribution in [2.75, 3.05) is 56.8 Å². The molecule has 0 radical (unpaired) electrons. The minimum atomic E-state index is -4.49. The minimum absolute atomic E-state index is 0.0659. The van der Waals surface area contributed by atoms with Crippen LogP contribution in [0, 0.1) is 87.3 Å². The van der Waals surface area contributed by atoms with Gasteiger partial charge in [-0.2, -0.15) is 0 Å². The Morgan fingerprint density at radius 1 is 0.348 bits per heavy atom. The summed E-state index contributed by atoms with van der Waals surface area (Å²) >= 11 is 0. The second-order valence-corrected chi connectivity index (χ2v) is 38.2. The highest BCUT2D eigenvalue weighted by molar-refractivity contribution is 8.13. The van der Waals surface area contributed by atoms with E-state index in [0.29, 0.717) is 48.0 Å². The number of esters is 2. The number of rotatable bonds is 25. The Hall–Kier alpha value is -14.9. The Bertz CT molecular complexity index is 7860. The van der Waals surface area contributed by atoms with Crippen LogP contribution >= 0.6 is 10.7 Å². The molecule has 0 saturated carbocycles. The first-order valence-electron chi connectivity index (χ1n) is 39.5. The van der Waals surface area contributed by atoms with Crippen LogP contribution in [0.3, 0.4) is 0 Å². The Morgan fingerprint density at radius 2 is 0.624 bits per heavy atom. The number of carbonyl (C=O) groups excluding carboxylic acids is 3. The van der Waals surface area contributed by atoms with Gasteiger partial charge in [0.25, 0.3) is 49.1 Å². The number of aliphatic hydroxyl groups is 1. The fraction of sp³-hybridized carbons (Fsp3) is 0.108. The Balaban J connectivity index is 0.000000177. The average Bonchev–Trinajstić information content (AvgIpc) is 1.43. The molecular weight excluding hydrogens is 2020 g/mol. The van der Waals surface area contributed by atoms with Crippen LogP contribution in [0.4, 0.5) is 65.9 Å². The Kier molecular flexibility index (Phi) is 35.1. The lowest BCUT2D eigenvalue weighted by molar-refractivity contribution is 0.0588. The van der Waals surface area contributed by atoms with Gasteiger partial charge < -0.3 is 48.6 Å². The molecule has 3 N–H and O–H groups in total. The van der Waals surface area contributed by atoms with Crippen molar-refractivity contribution in [1.29, 1.82) is 0 Å². The zero-order valence-electron chi connectivity index (χ0n) is 73.6. The number of aromatic nitrogens is 5. The van der Waals surface area contributed by atoms with Crippen LogP contribution in [0.15, 0.2) is 268 Å². The number of aldehydes is 1. The molecule has 0 aliphatic heterocycles. The SMILES string of the molecule is CNCc1cn(S(=O)(=O)c2cccc(F)c2)c(-c2ccc(F)cc2F)c1OC.COC(=O)c1c[nH]c(-c2ccc(F)cc2F)c1OC.COC(=O)c1cn(S(=O)(=O)c2cccc(F)c2)c(-c2ccc(F)cc2F)c1OC.COc1c(C=O)cn(S(=O)(=O)c2cccc(F)c2)c1-c1ccc(F)cc1F.COc1c(CO)cn(S(=O)(=O)c2cccc(F)c2)c1-c1ccc(F)cc1F.O=S(=O)(Cl)c1cccc(F)c1. The van der Waals surface area contributed by atoms with Gasteiger partial charge in [0, 0.05) is 117 Å². The second-order valence-electron chi connectivity index (χ2n) is 28.4. The number of H-pyrrole nitrogens is 1. The van der Waals surface area contributed by atoms with Crippen LogP contribution in [-0.4, -0.2) is 143 Å². The summed E-state index contributed by atoms with van der Waals surface area (Å²) in [6, 6.07) is 35.1. The first-order chi connectivity index (χ1) is 66.6. The zero-order valence-corrected chi connectivity index (χ0v) is 78.4. The highest BCUT2D eigenvalue weighted by Crippen LogP contribution is 2.45. The average molecular weight is 2090 g/mol. The molecule has 0 saturated heterocycles. The first kappa shape index (κ1) is 108. The molecule has 0 amide bonds. The molecule has 0 aliphatic rings. The molecule has 48 heteroatoms. The van der Waals surface area contributed by atoms with E-state index < -0.39 is 165 Å². The van der Waals surface area contributed by atoms with E-state index in [2.05, 4.69) is 19.8 Å². The molecule has 742 valence electrons.